The summed E-state index contributed by atoms with van der Waals surface area (Å²) in [5.41, 5.74) is 0. The number of likely N-dealkylation sites (tertiary alicyclic amines) is 1. The molecule has 0 unspecified atom stereocenters. The van der Waals surface area contributed by atoms with Crippen molar-refractivity contribution in [3.8, 4) is 0 Å². The Hall–Kier alpha value is -0.200. The number of hydrogen-bond acceptors (Lipinski definition) is 5. The summed E-state index contributed by atoms with van der Waals surface area (Å²) in [5.74, 6) is 0. The Labute approximate surface area is 148 Å². The van der Waals surface area contributed by atoms with Crippen LogP contribution >= 0.6 is 0 Å². The molecule has 2 atom stereocenters. The van der Waals surface area contributed by atoms with Gasteiger partial charge in [-0.15, -0.1) is 0 Å². The van der Waals surface area contributed by atoms with E-state index in [4.69, 9.17) is 9.47 Å². The van der Waals surface area contributed by atoms with Crippen LogP contribution in [0.2, 0.25) is 0 Å². The van der Waals surface area contributed by atoms with Gasteiger partial charge in [-0.1, -0.05) is 6.42 Å². The molecule has 5 nitrogen and oxygen atoms in total. The molecular formula is C19H37N3O2. The lowest BCUT2D eigenvalue weighted by molar-refractivity contribution is -0.163. The molecule has 0 spiro atoms. The molecule has 0 aromatic rings. The Morgan fingerprint density at radius 3 is 2.58 bits per heavy atom. The van der Waals surface area contributed by atoms with Gasteiger partial charge in [0, 0.05) is 51.9 Å². The fourth-order valence-corrected chi connectivity index (χ4v) is 4.23. The van der Waals surface area contributed by atoms with E-state index in [0.717, 1.165) is 32.1 Å². The Balaban J connectivity index is 1.35. The van der Waals surface area contributed by atoms with Crippen LogP contribution in [0.15, 0.2) is 0 Å². The summed E-state index contributed by atoms with van der Waals surface area (Å²) in [5, 5.41) is 0. The molecule has 0 bridgehead atoms. The van der Waals surface area contributed by atoms with Crippen LogP contribution in [0.1, 0.15) is 44.9 Å². The fourth-order valence-electron chi connectivity index (χ4n) is 4.23. The van der Waals surface area contributed by atoms with E-state index in [0.29, 0.717) is 0 Å². The molecule has 0 radical (unpaired) electrons. The summed E-state index contributed by atoms with van der Waals surface area (Å²) in [6, 6.07) is 0.767. The number of hydrogen-bond donors (Lipinski definition) is 0. The Morgan fingerprint density at radius 2 is 1.79 bits per heavy atom. The van der Waals surface area contributed by atoms with Crippen molar-refractivity contribution >= 4 is 0 Å². The molecule has 24 heavy (non-hydrogen) atoms. The van der Waals surface area contributed by atoms with Gasteiger partial charge in [-0.05, 0) is 52.1 Å². The van der Waals surface area contributed by atoms with Gasteiger partial charge >= 0.3 is 0 Å². The predicted molar refractivity (Wildman–Crippen MR) is 97.3 cm³/mol. The molecule has 3 aliphatic rings. The van der Waals surface area contributed by atoms with Crippen molar-refractivity contribution in [1.29, 1.82) is 0 Å². The van der Waals surface area contributed by atoms with Gasteiger partial charge in [0.1, 0.15) is 0 Å². The lowest BCUT2D eigenvalue weighted by Crippen LogP contribution is -2.52. The summed E-state index contributed by atoms with van der Waals surface area (Å²) in [6.07, 6.45) is 8.86. The van der Waals surface area contributed by atoms with Crippen molar-refractivity contribution < 1.29 is 9.47 Å². The van der Waals surface area contributed by atoms with Crippen LogP contribution in [0.25, 0.3) is 0 Å². The number of piperazine rings is 1. The van der Waals surface area contributed by atoms with Gasteiger partial charge in [0.05, 0.1) is 6.61 Å². The maximum Gasteiger partial charge on any atom is 0.157 e. The molecule has 3 aliphatic heterocycles. The minimum Gasteiger partial charge on any atom is -0.353 e. The van der Waals surface area contributed by atoms with Gasteiger partial charge in [-0.3, -0.25) is 4.90 Å². The molecule has 0 amide bonds. The minimum absolute atomic E-state index is 0.0703. The topological polar surface area (TPSA) is 28.2 Å². The van der Waals surface area contributed by atoms with Gasteiger partial charge in [0.2, 0.25) is 0 Å². The van der Waals surface area contributed by atoms with Crippen LogP contribution in [-0.2, 0) is 9.47 Å². The van der Waals surface area contributed by atoms with Crippen molar-refractivity contribution in [1.82, 2.24) is 14.7 Å². The Bertz CT molecular complexity index is 342. The monoisotopic (exact) mass is 339 g/mol. The second-order valence-electron chi connectivity index (χ2n) is 7.81. The summed E-state index contributed by atoms with van der Waals surface area (Å²) < 4.78 is 11.5. The van der Waals surface area contributed by atoms with Gasteiger partial charge in [-0.2, -0.15) is 0 Å². The van der Waals surface area contributed by atoms with E-state index in [2.05, 4.69) is 21.7 Å². The number of likely N-dealkylation sites (N-methyl/N-ethyl adjacent to an activating group) is 1. The molecule has 0 aliphatic carbocycles. The molecule has 3 heterocycles. The molecule has 140 valence electrons. The highest BCUT2D eigenvalue weighted by Gasteiger charge is 2.26. The minimum atomic E-state index is 0.0703. The highest BCUT2D eigenvalue weighted by molar-refractivity contribution is 4.82. The molecular weight excluding hydrogens is 302 g/mol. The average Bonchev–Trinajstić information content (AvgIpc) is 2.86. The lowest BCUT2D eigenvalue weighted by atomic mass is 10.1. The quantitative estimate of drug-likeness (QED) is 0.691. The fraction of sp³-hybridized carbons (Fsp3) is 1.00. The van der Waals surface area contributed by atoms with Gasteiger partial charge in [0.15, 0.2) is 6.29 Å². The smallest absolute Gasteiger partial charge is 0.157 e. The molecule has 0 aromatic carbocycles. The van der Waals surface area contributed by atoms with Crippen LogP contribution in [-0.4, -0.2) is 93.1 Å². The van der Waals surface area contributed by atoms with Crippen molar-refractivity contribution in [2.24, 2.45) is 0 Å². The summed E-state index contributed by atoms with van der Waals surface area (Å²) >= 11 is 0. The van der Waals surface area contributed by atoms with Crippen LogP contribution in [0.4, 0.5) is 0 Å². The molecule has 3 saturated heterocycles. The zero-order chi connectivity index (χ0) is 16.6. The first-order chi connectivity index (χ1) is 11.8. The first kappa shape index (κ1) is 18.6. The molecule has 3 rings (SSSR count). The number of ether oxygens (including phenoxy) is 2. The third-order valence-electron chi connectivity index (χ3n) is 5.85. The summed E-state index contributed by atoms with van der Waals surface area (Å²) in [7, 11) is 2.24. The van der Waals surface area contributed by atoms with E-state index in [-0.39, 0.29) is 6.29 Å². The van der Waals surface area contributed by atoms with Crippen molar-refractivity contribution in [3.63, 3.8) is 0 Å². The zero-order valence-corrected chi connectivity index (χ0v) is 15.6. The predicted octanol–water partition coefficient (Wildman–Crippen LogP) is 2.02. The van der Waals surface area contributed by atoms with E-state index in [1.807, 2.05) is 0 Å². The maximum atomic E-state index is 5.90. The number of rotatable bonds is 6. The zero-order valence-electron chi connectivity index (χ0n) is 15.6. The van der Waals surface area contributed by atoms with Crippen molar-refractivity contribution in [2.75, 3.05) is 66.1 Å². The molecule has 3 fully saturated rings. The van der Waals surface area contributed by atoms with Crippen LogP contribution < -0.4 is 0 Å². The SMILES string of the molecule is CN1CCN([C@@H]2CCCCN(CCCO[C@@H]3CCCCO3)C2)CC1. The van der Waals surface area contributed by atoms with E-state index in [1.54, 1.807) is 0 Å². The first-order valence-electron chi connectivity index (χ1n) is 10.2. The Morgan fingerprint density at radius 1 is 0.958 bits per heavy atom. The lowest BCUT2D eigenvalue weighted by Gasteiger charge is -2.39. The third-order valence-corrected chi connectivity index (χ3v) is 5.85. The van der Waals surface area contributed by atoms with Gasteiger partial charge in [0.25, 0.3) is 0 Å². The summed E-state index contributed by atoms with van der Waals surface area (Å²) in [6.45, 7) is 10.4. The second-order valence-corrected chi connectivity index (χ2v) is 7.81. The van der Waals surface area contributed by atoms with Gasteiger partial charge in [-0.25, -0.2) is 0 Å². The van der Waals surface area contributed by atoms with E-state index in [9.17, 15) is 0 Å². The number of nitrogens with zero attached hydrogens (tertiary/aromatic N) is 3. The van der Waals surface area contributed by atoms with Crippen molar-refractivity contribution in [2.45, 2.75) is 57.3 Å². The van der Waals surface area contributed by atoms with E-state index in [1.165, 1.54) is 77.9 Å². The average molecular weight is 340 g/mol. The Kier molecular flexibility index (Phi) is 7.80. The molecule has 5 heteroatoms. The van der Waals surface area contributed by atoms with Crippen molar-refractivity contribution in [3.05, 3.63) is 0 Å². The highest BCUT2D eigenvalue weighted by atomic mass is 16.7. The standard InChI is InChI=1S/C19H37N3O2/c1-20-11-13-22(14-12-20)18-7-2-4-9-21(17-18)10-6-16-24-19-8-3-5-15-23-19/h18-19H,2-17H2,1H3/t18-,19-/m1/s1. The summed E-state index contributed by atoms with van der Waals surface area (Å²) in [4.78, 5) is 7.88. The van der Waals surface area contributed by atoms with Crippen LogP contribution in [0.5, 0.6) is 0 Å². The molecule has 0 aromatic heterocycles. The molecule has 0 N–H and O–H groups in total. The van der Waals surface area contributed by atoms with E-state index >= 15 is 0 Å². The first-order valence-corrected chi connectivity index (χ1v) is 10.2. The largest absolute Gasteiger partial charge is 0.353 e. The molecule has 0 saturated carbocycles. The second kappa shape index (κ2) is 10.1. The highest BCUT2D eigenvalue weighted by Crippen LogP contribution is 2.18. The maximum absolute atomic E-state index is 5.90. The van der Waals surface area contributed by atoms with Gasteiger partial charge < -0.3 is 19.3 Å². The third kappa shape index (κ3) is 5.95. The normalized spacial score (nSPS) is 31.9. The van der Waals surface area contributed by atoms with E-state index < -0.39 is 0 Å². The van der Waals surface area contributed by atoms with Crippen LogP contribution in [0, 0.1) is 0 Å². The van der Waals surface area contributed by atoms with Crippen LogP contribution in [0.3, 0.4) is 0 Å².